The first-order valence-corrected chi connectivity index (χ1v) is 5.90. The maximum Gasteiger partial charge on any atom is 0.333 e. The third-order valence-corrected chi connectivity index (χ3v) is 3.59. The second-order valence-corrected chi connectivity index (χ2v) is 5.27. The molecule has 2 N–H and O–H groups in total. The molecule has 5 nitrogen and oxygen atoms in total. The third kappa shape index (κ3) is 1.48. The number of anilines is 1. The van der Waals surface area contributed by atoms with Crippen LogP contribution in [0.2, 0.25) is 0 Å². The maximum atomic E-state index is 11.4. The number of urea groups is 1. The zero-order chi connectivity index (χ0) is 10.3. The highest BCUT2D eigenvalue weighted by Crippen LogP contribution is 2.27. The minimum atomic E-state index is -3.69. The molecule has 2 amide bonds. The van der Waals surface area contributed by atoms with Crippen LogP contribution in [0.3, 0.4) is 0 Å². The molecule has 0 bridgehead atoms. The van der Waals surface area contributed by atoms with Crippen molar-refractivity contribution in [1.29, 1.82) is 0 Å². The molecule has 0 fully saturated rings. The van der Waals surface area contributed by atoms with Gasteiger partial charge in [0, 0.05) is 4.47 Å². The van der Waals surface area contributed by atoms with E-state index in [1.165, 1.54) is 12.1 Å². The molecule has 1 aromatic carbocycles. The van der Waals surface area contributed by atoms with Gasteiger partial charge in [-0.1, -0.05) is 15.9 Å². The van der Waals surface area contributed by atoms with Crippen LogP contribution in [-0.2, 0) is 10.0 Å². The lowest BCUT2D eigenvalue weighted by Crippen LogP contribution is -2.39. The van der Waals surface area contributed by atoms with Gasteiger partial charge in [-0.15, -0.1) is 0 Å². The molecule has 1 aliphatic heterocycles. The van der Waals surface area contributed by atoms with E-state index in [2.05, 4.69) is 21.2 Å². The Kier molecular flexibility index (Phi) is 2.00. The summed E-state index contributed by atoms with van der Waals surface area (Å²) in [6.07, 6.45) is 0. The second kappa shape index (κ2) is 2.96. The number of fused-ring (bicyclic) bond motifs is 1. The molecule has 0 radical (unpaired) electrons. The predicted molar refractivity (Wildman–Crippen MR) is 53.5 cm³/mol. The number of hydrogen-bond donors (Lipinski definition) is 2. The molecule has 0 spiro atoms. The van der Waals surface area contributed by atoms with Gasteiger partial charge in [0.1, 0.15) is 4.90 Å². The molecule has 0 atom stereocenters. The van der Waals surface area contributed by atoms with Gasteiger partial charge in [-0.2, -0.15) is 0 Å². The summed E-state index contributed by atoms with van der Waals surface area (Å²) in [5.74, 6) is 0. The van der Waals surface area contributed by atoms with E-state index in [4.69, 9.17) is 0 Å². The number of halogens is 1. The molecule has 14 heavy (non-hydrogen) atoms. The van der Waals surface area contributed by atoms with Gasteiger partial charge in [0.05, 0.1) is 5.69 Å². The van der Waals surface area contributed by atoms with Crippen LogP contribution in [0, 0.1) is 0 Å². The van der Waals surface area contributed by atoms with Gasteiger partial charge in [0.2, 0.25) is 0 Å². The first-order valence-electron chi connectivity index (χ1n) is 3.62. The van der Waals surface area contributed by atoms with Crippen LogP contribution < -0.4 is 10.0 Å². The number of carbonyl (C=O) groups excluding carboxylic acids is 1. The highest BCUT2D eigenvalue weighted by atomic mass is 79.9. The average molecular weight is 277 g/mol. The van der Waals surface area contributed by atoms with Crippen molar-refractivity contribution in [1.82, 2.24) is 4.72 Å². The van der Waals surface area contributed by atoms with Gasteiger partial charge >= 0.3 is 6.03 Å². The van der Waals surface area contributed by atoms with Gasteiger partial charge in [0.15, 0.2) is 0 Å². The quantitative estimate of drug-likeness (QED) is 0.750. The Hall–Kier alpha value is -1.08. The van der Waals surface area contributed by atoms with Crippen molar-refractivity contribution in [2.24, 2.45) is 0 Å². The monoisotopic (exact) mass is 276 g/mol. The molecule has 7 heteroatoms. The first kappa shape index (κ1) is 9.47. The van der Waals surface area contributed by atoms with Crippen molar-refractivity contribution in [3.05, 3.63) is 22.7 Å². The normalized spacial score (nSPS) is 17.9. The molecule has 0 aliphatic carbocycles. The fourth-order valence-electron chi connectivity index (χ4n) is 1.16. The Bertz CT molecular complexity index is 512. The lowest BCUT2D eigenvalue weighted by Gasteiger charge is -2.17. The number of hydrogen-bond acceptors (Lipinski definition) is 3. The molecule has 2 rings (SSSR count). The van der Waals surface area contributed by atoms with Gasteiger partial charge in [-0.25, -0.2) is 17.9 Å². The summed E-state index contributed by atoms with van der Waals surface area (Å²) >= 11 is 3.18. The number of rotatable bonds is 0. The van der Waals surface area contributed by atoms with Crippen molar-refractivity contribution >= 4 is 37.7 Å². The number of carbonyl (C=O) groups is 1. The fraction of sp³-hybridized carbons (Fsp3) is 0. The molecule has 1 heterocycles. The van der Waals surface area contributed by atoms with E-state index in [0.29, 0.717) is 4.47 Å². The summed E-state index contributed by atoms with van der Waals surface area (Å²) in [7, 11) is -3.69. The van der Waals surface area contributed by atoms with E-state index in [0.717, 1.165) is 0 Å². The summed E-state index contributed by atoms with van der Waals surface area (Å²) in [6.45, 7) is 0. The number of amides is 2. The Labute approximate surface area is 88.7 Å². The Morgan fingerprint density at radius 3 is 2.71 bits per heavy atom. The molecule has 0 saturated heterocycles. The van der Waals surface area contributed by atoms with Crippen LogP contribution in [0.5, 0.6) is 0 Å². The maximum absolute atomic E-state index is 11.4. The molecule has 1 aromatic rings. The van der Waals surface area contributed by atoms with Crippen LogP contribution in [0.15, 0.2) is 27.6 Å². The van der Waals surface area contributed by atoms with Crippen LogP contribution in [-0.4, -0.2) is 14.4 Å². The summed E-state index contributed by atoms with van der Waals surface area (Å²) in [4.78, 5) is 11.0. The van der Waals surface area contributed by atoms with Crippen molar-refractivity contribution in [3.63, 3.8) is 0 Å². The first-order chi connectivity index (χ1) is 6.49. The summed E-state index contributed by atoms with van der Waals surface area (Å²) in [6, 6.07) is 3.80. The summed E-state index contributed by atoms with van der Waals surface area (Å²) < 4.78 is 25.4. The topological polar surface area (TPSA) is 75.3 Å². The minimum absolute atomic E-state index is 0.0697. The standard InChI is InChI=1S/C7H5BrN2O3S/c8-4-1-2-6-5(3-4)9-7(11)10-14(6,12)13/h1-3H,(H2,9,10,11). The van der Waals surface area contributed by atoms with E-state index in [9.17, 15) is 13.2 Å². The summed E-state index contributed by atoms with van der Waals surface area (Å²) in [5.41, 5.74) is 0.281. The SMILES string of the molecule is O=C1Nc2cc(Br)ccc2S(=O)(=O)N1. The Balaban J connectivity index is 2.69. The van der Waals surface area contributed by atoms with E-state index < -0.39 is 16.1 Å². The molecule has 74 valence electrons. The van der Waals surface area contributed by atoms with Crippen LogP contribution in [0.25, 0.3) is 0 Å². The molecule has 0 aromatic heterocycles. The zero-order valence-electron chi connectivity index (χ0n) is 6.74. The lowest BCUT2D eigenvalue weighted by atomic mass is 10.3. The molecular formula is C7H5BrN2O3S. The summed E-state index contributed by atoms with van der Waals surface area (Å²) in [5, 5.41) is 2.40. The van der Waals surface area contributed by atoms with Gasteiger partial charge in [0.25, 0.3) is 10.0 Å². The van der Waals surface area contributed by atoms with Gasteiger partial charge < -0.3 is 5.32 Å². The van der Waals surface area contributed by atoms with Crippen molar-refractivity contribution in [2.75, 3.05) is 5.32 Å². The Morgan fingerprint density at radius 2 is 2.00 bits per heavy atom. The Morgan fingerprint density at radius 1 is 1.29 bits per heavy atom. The lowest BCUT2D eigenvalue weighted by molar-refractivity contribution is 0.256. The second-order valence-electron chi connectivity index (χ2n) is 2.70. The largest absolute Gasteiger partial charge is 0.333 e. The van der Waals surface area contributed by atoms with E-state index in [-0.39, 0.29) is 10.6 Å². The highest BCUT2D eigenvalue weighted by molar-refractivity contribution is 9.10. The third-order valence-electron chi connectivity index (χ3n) is 1.71. The smallest absolute Gasteiger partial charge is 0.306 e. The minimum Gasteiger partial charge on any atom is -0.306 e. The predicted octanol–water partition coefficient (Wildman–Crippen LogP) is 1.27. The van der Waals surface area contributed by atoms with Crippen LogP contribution in [0.4, 0.5) is 10.5 Å². The fourth-order valence-corrected chi connectivity index (χ4v) is 2.57. The molecule has 0 saturated carbocycles. The highest BCUT2D eigenvalue weighted by Gasteiger charge is 2.27. The van der Waals surface area contributed by atoms with Crippen LogP contribution >= 0.6 is 15.9 Å². The molecule has 0 unspecified atom stereocenters. The number of benzene rings is 1. The van der Waals surface area contributed by atoms with Gasteiger partial charge in [-0.05, 0) is 18.2 Å². The number of nitrogens with one attached hydrogen (secondary N) is 2. The van der Waals surface area contributed by atoms with Crippen molar-refractivity contribution in [2.45, 2.75) is 4.90 Å². The van der Waals surface area contributed by atoms with E-state index in [1.807, 2.05) is 4.72 Å². The molecular weight excluding hydrogens is 272 g/mol. The zero-order valence-corrected chi connectivity index (χ0v) is 9.15. The van der Waals surface area contributed by atoms with E-state index in [1.54, 1.807) is 6.07 Å². The van der Waals surface area contributed by atoms with Crippen LogP contribution in [0.1, 0.15) is 0 Å². The molecule has 1 aliphatic rings. The van der Waals surface area contributed by atoms with Crippen molar-refractivity contribution in [3.8, 4) is 0 Å². The average Bonchev–Trinajstić information content (AvgIpc) is 2.00. The van der Waals surface area contributed by atoms with Gasteiger partial charge in [-0.3, -0.25) is 0 Å². The number of sulfonamides is 1. The van der Waals surface area contributed by atoms with Crippen molar-refractivity contribution < 1.29 is 13.2 Å². The van der Waals surface area contributed by atoms with E-state index >= 15 is 0 Å².